The molecule has 1 amide bonds. The first-order valence-electron chi connectivity index (χ1n) is 6.29. The molecule has 0 aliphatic heterocycles. The van der Waals surface area contributed by atoms with E-state index in [-0.39, 0.29) is 12.1 Å². The SMILES string of the molecule is CC1CCCC(NC(=O)OC(C)(C)C)C1C. The first kappa shape index (κ1) is 13.3. The van der Waals surface area contributed by atoms with Crippen LogP contribution in [-0.4, -0.2) is 17.7 Å². The Morgan fingerprint density at radius 3 is 2.44 bits per heavy atom. The van der Waals surface area contributed by atoms with E-state index in [9.17, 15) is 4.79 Å². The summed E-state index contributed by atoms with van der Waals surface area (Å²) in [6, 6.07) is 0.276. The number of alkyl carbamates (subject to hydrolysis) is 1. The number of rotatable bonds is 1. The van der Waals surface area contributed by atoms with Gasteiger partial charge in [-0.3, -0.25) is 0 Å². The summed E-state index contributed by atoms with van der Waals surface area (Å²) in [6.07, 6.45) is 3.27. The van der Waals surface area contributed by atoms with Gasteiger partial charge in [0.2, 0.25) is 0 Å². The van der Waals surface area contributed by atoms with E-state index in [1.54, 1.807) is 0 Å². The van der Waals surface area contributed by atoms with Crippen LogP contribution in [0.3, 0.4) is 0 Å². The molecule has 0 aromatic rings. The van der Waals surface area contributed by atoms with Gasteiger partial charge in [0.25, 0.3) is 0 Å². The van der Waals surface area contributed by atoms with Crippen molar-refractivity contribution in [2.75, 3.05) is 0 Å². The summed E-state index contributed by atoms with van der Waals surface area (Å²) in [5, 5.41) is 2.99. The highest BCUT2D eigenvalue weighted by Gasteiger charge is 2.29. The number of ether oxygens (including phenoxy) is 1. The number of hydrogen-bond donors (Lipinski definition) is 1. The molecule has 0 radical (unpaired) electrons. The summed E-state index contributed by atoms with van der Waals surface area (Å²) in [5.74, 6) is 1.23. The number of carbonyl (C=O) groups is 1. The first-order valence-corrected chi connectivity index (χ1v) is 6.29. The number of carbonyl (C=O) groups excluding carboxylic acids is 1. The average molecular weight is 227 g/mol. The van der Waals surface area contributed by atoms with Crippen molar-refractivity contribution in [1.29, 1.82) is 0 Å². The van der Waals surface area contributed by atoms with Crippen LogP contribution in [-0.2, 0) is 4.74 Å². The van der Waals surface area contributed by atoms with Gasteiger partial charge in [0.15, 0.2) is 0 Å². The summed E-state index contributed by atoms with van der Waals surface area (Å²) in [6.45, 7) is 10.1. The summed E-state index contributed by atoms with van der Waals surface area (Å²) in [7, 11) is 0. The van der Waals surface area contributed by atoms with E-state index in [1.165, 1.54) is 12.8 Å². The molecule has 0 saturated heterocycles. The molecular weight excluding hydrogens is 202 g/mol. The quantitative estimate of drug-likeness (QED) is 0.746. The van der Waals surface area contributed by atoms with E-state index < -0.39 is 5.60 Å². The van der Waals surface area contributed by atoms with Gasteiger partial charge in [0.1, 0.15) is 5.60 Å². The fraction of sp³-hybridized carbons (Fsp3) is 0.923. The van der Waals surface area contributed by atoms with Gasteiger partial charge in [-0.15, -0.1) is 0 Å². The molecule has 0 heterocycles. The Balaban J connectivity index is 2.44. The van der Waals surface area contributed by atoms with Gasteiger partial charge in [-0.25, -0.2) is 4.79 Å². The van der Waals surface area contributed by atoms with Gasteiger partial charge >= 0.3 is 6.09 Å². The second kappa shape index (κ2) is 5.07. The van der Waals surface area contributed by atoms with Crippen molar-refractivity contribution in [2.45, 2.75) is 65.5 Å². The van der Waals surface area contributed by atoms with Gasteiger partial charge in [-0.05, 0) is 39.0 Å². The maximum absolute atomic E-state index is 11.6. The molecule has 3 nitrogen and oxygen atoms in total. The van der Waals surface area contributed by atoms with Crippen LogP contribution in [0.2, 0.25) is 0 Å². The zero-order valence-corrected chi connectivity index (χ0v) is 11.2. The van der Waals surface area contributed by atoms with E-state index in [0.29, 0.717) is 11.8 Å². The monoisotopic (exact) mass is 227 g/mol. The first-order chi connectivity index (χ1) is 7.29. The van der Waals surface area contributed by atoms with Crippen molar-refractivity contribution in [3.63, 3.8) is 0 Å². The van der Waals surface area contributed by atoms with Gasteiger partial charge in [0, 0.05) is 6.04 Å². The molecule has 0 spiro atoms. The summed E-state index contributed by atoms with van der Waals surface area (Å²) in [4.78, 5) is 11.6. The Hall–Kier alpha value is -0.730. The van der Waals surface area contributed by atoms with Crippen LogP contribution in [0.1, 0.15) is 53.9 Å². The Morgan fingerprint density at radius 1 is 1.25 bits per heavy atom. The van der Waals surface area contributed by atoms with E-state index in [2.05, 4.69) is 19.2 Å². The lowest BCUT2D eigenvalue weighted by Gasteiger charge is -2.35. The van der Waals surface area contributed by atoms with Gasteiger partial charge in [-0.1, -0.05) is 26.7 Å². The van der Waals surface area contributed by atoms with Crippen LogP contribution in [0, 0.1) is 11.8 Å². The molecule has 3 atom stereocenters. The van der Waals surface area contributed by atoms with E-state index in [1.807, 2.05) is 20.8 Å². The van der Waals surface area contributed by atoms with Gasteiger partial charge < -0.3 is 10.1 Å². The zero-order valence-electron chi connectivity index (χ0n) is 11.2. The fourth-order valence-electron chi connectivity index (χ4n) is 2.24. The summed E-state index contributed by atoms with van der Waals surface area (Å²) < 4.78 is 5.27. The predicted octanol–water partition coefficient (Wildman–Crippen LogP) is 3.34. The topological polar surface area (TPSA) is 38.3 Å². The third-order valence-corrected chi connectivity index (χ3v) is 3.41. The fourth-order valence-corrected chi connectivity index (χ4v) is 2.24. The van der Waals surface area contributed by atoms with Crippen LogP contribution in [0.15, 0.2) is 0 Å². The Bertz CT molecular complexity index is 245. The van der Waals surface area contributed by atoms with Crippen molar-refractivity contribution < 1.29 is 9.53 Å². The van der Waals surface area contributed by atoms with Crippen LogP contribution in [0.5, 0.6) is 0 Å². The molecule has 1 saturated carbocycles. The minimum Gasteiger partial charge on any atom is -0.444 e. The second-order valence-electron chi connectivity index (χ2n) is 6.02. The maximum atomic E-state index is 11.6. The van der Waals surface area contributed by atoms with Crippen molar-refractivity contribution in [3.8, 4) is 0 Å². The van der Waals surface area contributed by atoms with E-state index >= 15 is 0 Å². The Labute approximate surface area is 98.9 Å². The lowest BCUT2D eigenvalue weighted by Crippen LogP contribution is -2.45. The molecule has 1 aliphatic carbocycles. The highest BCUT2D eigenvalue weighted by Crippen LogP contribution is 2.29. The summed E-state index contributed by atoms with van der Waals surface area (Å²) >= 11 is 0. The van der Waals surface area contributed by atoms with Crippen molar-refractivity contribution in [2.24, 2.45) is 11.8 Å². The minimum absolute atomic E-state index is 0.276. The average Bonchev–Trinajstić information content (AvgIpc) is 2.09. The molecule has 0 aromatic heterocycles. The Kier molecular flexibility index (Phi) is 4.22. The molecule has 16 heavy (non-hydrogen) atoms. The van der Waals surface area contributed by atoms with Crippen molar-refractivity contribution in [3.05, 3.63) is 0 Å². The van der Waals surface area contributed by atoms with Crippen molar-refractivity contribution >= 4 is 6.09 Å². The predicted molar refractivity (Wildman–Crippen MR) is 65.3 cm³/mol. The second-order valence-corrected chi connectivity index (χ2v) is 6.02. The standard InChI is InChI=1S/C13H25NO2/c1-9-7-6-8-11(10(9)2)14-12(15)16-13(3,4)5/h9-11H,6-8H2,1-5H3,(H,14,15). The molecular formula is C13H25NO2. The smallest absolute Gasteiger partial charge is 0.407 e. The van der Waals surface area contributed by atoms with Gasteiger partial charge in [-0.2, -0.15) is 0 Å². The highest BCUT2D eigenvalue weighted by molar-refractivity contribution is 5.68. The molecule has 0 bridgehead atoms. The van der Waals surface area contributed by atoms with Crippen LogP contribution in [0.4, 0.5) is 4.79 Å². The molecule has 1 fully saturated rings. The number of nitrogens with one attached hydrogen (secondary N) is 1. The van der Waals surface area contributed by atoms with E-state index in [4.69, 9.17) is 4.74 Å². The largest absolute Gasteiger partial charge is 0.444 e. The van der Waals surface area contributed by atoms with Crippen molar-refractivity contribution in [1.82, 2.24) is 5.32 Å². The lowest BCUT2D eigenvalue weighted by atomic mass is 9.78. The van der Waals surface area contributed by atoms with Crippen LogP contribution in [0.25, 0.3) is 0 Å². The number of amides is 1. The molecule has 1 aliphatic rings. The van der Waals surface area contributed by atoms with Gasteiger partial charge in [0.05, 0.1) is 0 Å². The Morgan fingerprint density at radius 2 is 1.88 bits per heavy atom. The molecule has 3 heteroatoms. The summed E-state index contributed by atoms with van der Waals surface area (Å²) in [5.41, 5.74) is -0.409. The van der Waals surface area contributed by atoms with Crippen LogP contribution >= 0.6 is 0 Å². The molecule has 1 N–H and O–H groups in total. The minimum atomic E-state index is -0.409. The normalized spacial score (nSPS) is 30.9. The number of hydrogen-bond acceptors (Lipinski definition) is 2. The molecule has 0 aromatic carbocycles. The third-order valence-electron chi connectivity index (χ3n) is 3.41. The maximum Gasteiger partial charge on any atom is 0.407 e. The molecule has 3 unspecified atom stereocenters. The highest BCUT2D eigenvalue weighted by atomic mass is 16.6. The zero-order chi connectivity index (χ0) is 12.3. The molecule has 94 valence electrons. The molecule has 1 rings (SSSR count). The van der Waals surface area contributed by atoms with E-state index in [0.717, 1.165) is 6.42 Å². The lowest BCUT2D eigenvalue weighted by molar-refractivity contribution is 0.0456. The third kappa shape index (κ3) is 4.03. The van der Waals surface area contributed by atoms with Crippen LogP contribution < -0.4 is 5.32 Å².